The maximum atomic E-state index is 5.42. The van der Waals surface area contributed by atoms with Gasteiger partial charge in [-0.15, -0.1) is 0 Å². The molecule has 1 fully saturated rings. The number of halogens is 1. The fourth-order valence-corrected chi connectivity index (χ4v) is 3.56. The van der Waals surface area contributed by atoms with E-state index in [9.17, 15) is 0 Å². The fraction of sp³-hybridized carbons (Fsp3) is 0.625. The van der Waals surface area contributed by atoms with E-state index in [1.54, 1.807) is 0 Å². The number of fused-ring (bicyclic) bond motifs is 1. The molecule has 110 valence electrons. The molecule has 0 aromatic heterocycles. The molecule has 0 amide bonds. The number of ether oxygens (including phenoxy) is 2. The van der Waals surface area contributed by atoms with Crippen molar-refractivity contribution >= 4 is 15.9 Å². The second kappa shape index (κ2) is 6.81. The molecule has 1 aliphatic carbocycles. The average molecular weight is 340 g/mol. The number of hydrogen-bond donors (Lipinski definition) is 1. The van der Waals surface area contributed by atoms with Crippen molar-refractivity contribution in [3.63, 3.8) is 0 Å². The molecule has 0 atom stereocenters. The summed E-state index contributed by atoms with van der Waals surface area (Å²) in [6.07, 6.45) is 8.46. The van der Waals surface area contributed by atoms with Gasteiger partial charge in [0.2, 0.25) is 6.79 Å². The molecule has 4 heteroatoms. The summed E-state index contributed by atoms with van der Waals surface area (Å²) < 4.78 is 11.9. The van der Waals surface area contributed by atoms with E-state index in [-0.39, 0.29) is 0 Å². The molecule has 0 unspecified atom stereocenters. The average Bonchev–Trinajstić information content (AvgIpc) is 2.91. The first kappa shape index (κ1) is 14.2. The maximum absolute atomic E-state index is 5.42. The Morgan fingerprint density at radius 2 is 1.85 bits per heavy atom. The van der Waals surface area contributed by atoms with Crippen molar-refractivity contribution in [1.29, 1.82) is 0 Å². The van der Waals surface area contributed by atoms with Crippen LogP contribution in [0.3, 0.4) is 0 Å². The van der Waals surface area contributed by atoms with Crippen LogP contribution in [0.5, 0.6) is 11.5 Å². The van der Waals surface area contributed by atoms with Crippen LogP contribution in [0.1, 0.15) is 44.1 Å². The molecule has 1 saturated carbocycles. The van der Waals surface area contributed by atoms with Gasteiger partial charge in [-0.2, -0.15) is 0 Å². The minimum absolute atomic E-state index is 0.334. The summed E-state index contributed by atoms with van der Waals surface area (Å²) in [4.78, 5) is 0. The highest BCUT2D eigenvalue weighted by atomic mass is 79.9. The Hall–Kier alpha value is -0.740. The molecule has 2 aliphatic rings. The first-order chi connectivity index (χ1) is 9.83. The molecule has 1 aromatic rings. The Kier molecular flexibility index (Phi) is 4.84. The second-order valence-corrected chi connectivity index (χ2v) is 6.62. The van der Waals surface area contributed by atoms with E-state index in [1.807, 2.05) is 6.07 Å². The standard InChI is InChI=1S/C16H22BrNO2/c17-14-9-16-15(19-11-20-16)8-13(14)10-18-7-6-12-4-2-1-3-5-12/h8-9,12,18H,1-7,10-11H2. The third kappa shape index (κ3) is 3.47. The zero-order valence-corrected chi connectivity index (χ0v) is 13.4. The zero-order chi connectivity index (χ0) is 13.8. The Bertz CT molecular complexity index is 458. The van der Waals surface area contributed by atoms with Gasteiger partial charge in [-0.25, -0.2) is 0 Å². The van der Waals surface area contributed by atoms with E-state index >= 15 is 0 Å². The minimum Gasteiger partial charge on any atom is -0.454 e. The number of rotatable bonds is 5. The van der Waals surface area contributed by atoms with Crippen molar-refractivity contribution in [2.45, 2.75) is 45.1 Å². The lowest BCUT2D eigenvalue weighted by atomic mass is 9.87. The highest BCUT2D eigenvalue weighted by Crippen LogP contribution is 2.36. The molecule has 3 rings (SSSR count). The molecule has 20 heavy (non-hydrogen) atoms. The van der Waals surface area contributed by atoms with Crippen molar-refractivity contribution in [3.05, 3.63) is 22.2 Å². The van der Waals surface area contributed by atoms with Crippen molar-refractivity contribution in [2.75, 3.05) is 13.3 Å². The molecular weight excluding hydrogens is 318 g/mol. The van der Waals surface area contributed by atoms with Crippen LogP contribution >= 0.6 is 15.9 Å². The van der Waals surface area contributed by atoms with Gasteiger partial charge in [0.25, 0.3) is 0 Å². The topological polar surface area (TPSA) is 30.5 Å². The van der Waals surface area contributed by atoms with Crippen LogP contribution in [0, 0.1) is 5.92 Å². The highest BCUT2D eigenvalue weighted by molar-refractivity contribution is 9.10. The number of hydrogen-bond acceptors (Lipinski definition) is 3. The van der Waals surface area contributed by atoms with Gasteiger partial charge >= 0.3 is 0 Å². The van der Waals surface area contributed by atoms with Gasteiger partial charge < -0.3 is 14.8 Å². The third-order valence-electron chi connectivity index (χ3n) is 4.31. The zero-order valence-electron chi connectivity index (χ0n) is 11.8. The lowest BCUT2D eigenvalue weighted by Crippen LogP contribution is -2.19. The second-order valence-electron chi connectivity index (χ2n) is 5.77. The smallest absolute Gasteiger partial charge is 0.231 e. The van der Waals surface area contributed by atoms with E-state index < -0.39 is 0 Å². The van der Waals surface area contributed by atoms with Crippen molar-refractivity contribution in [3.8, 4) is 11.5 Å². The van der Waals surface area contributed by atoms with Crippen LogP contribution in [0.15, 0.2) is 16.6 Å². The summed E-state index contributed by atoms with van der Waals surface area (Å²) in [5, 5.41) is 3.55. The monoisotopic (exact) mass is 339 g/mol. The Morgan fingerprint density at radius 3 is 2.65 bits per heavy atom. The van der Waals surface area contributed by atoms with E-state index in [1.165, 1.54) is 44.1 Å². The van der Waals surface area contributed by atoms with Gasteiger partial charge in [0.15, 0.2) is 11.5 Å². The van der Waals surface area contributed by atoms with Crippen LogP contribution in [0.2, 0.25) is 0 Å². The van der Waals surface area contributed by atoms with Crippen LogP contribution in [-0.2, 0) is 6.54 Å². The SMILES string of the molecule is Brc1cc2c(cc1CNCCC1CCCCC1)OCO2. The van der Waals surface area contributed by atoms with Crippen LogP contribution < -0.4 is 14.8 Å². The summed E-state index contributed by atoms with van der Waals surface area (Å²) in [7, 11) is 0. The van der Waals surface area contributed by atoms with Crippen LogP contribution in [-0.4, -0.2) is 13.3 Å². The van der Waals surface area contributed by atoms with Gasteiger partial charge in [-0.05, 0) is 36.6 Å². The van der Waals surface area contributed by atoms with E-state index in [2.05, 4.69) is 27.3 Å². The van der Waals surface area contributed by atoms with Crippen molar-refractivity contribution in [2.24, 2.45) is 5.92 Å². The summed E-state index contributed by atoms with van der Waals surface area (Å²) >= 11 is 3.60. The molecule has 0 spiro atoms. The third-order valence-corrected chi connectivity index (χ3v) is 5.05. The number of benzene rings is 1. The Labute approximate surface area is 129 Å². The molecular formula is C16H22BrNO2. The summed E-state index contributed by atoms with van der Waals surface area (Å²) in [5.74, 6) is 2.64. The first-order valence-corrected chi connectivity index (χ1v) is 8.41. The lowest BCUT2D eigenvalue weighted by molar-refractivity contribution is 0.174. The van der Waals surface area contributed by atoms with E-state index in [0.29, 0.717) is 6.79 Å². The van der Waals surface area contributed by atoms with Gasteiger partial charge in [-0.1, -0.05) is 48.0 Å². The van der Waals surface area contributed by atoms with Gasteiger partial charge in [0, 0.05) is 11.0 Å². The fourth-order valence-electron chi connectivity index (χ4n) is 3.10. The molecule has 1 aliphatic heterocycles. The van der Waals surface area contributed by atoms with E-state index in [0.717, 1.165) is 35.0 Å². The molecule has 1 aromatic carbocycles. The van der Waals surface area contributed by atoms with Crippen LogP contribution in [0.25, 0.3) is 0 Å². The summed E-state index contributed by atoms with van der Waals surface area (Å²) in [6, 6.07) is 4.07. The highest BCUT2D eigenvalue weighted by Gasteiger charge is 2.16. The lowest BCUT2D eigenvalue weighted by Gasteiger charge is -2.21. The van der Waals surface area contributed by atoms with Crippen molar-refractivity contribution < 1.29 is 9.47 Å². The summed E-state index contributed by atoms with van der Waals surface area (Å²) in [5.41, 5.74) is 1.23. The van der Waals surface area contributed by atoms with Gasteiger partial charge in [0.05, 0.1) is 0 Å². The predicted molar refractivity (Wildman–Crippen MR) is 83.2 cm³/mol. The van der Waals surface area contributed by atoms with Gasteiger partial charge in [0.1, 0.15) is 0 Å². The molecule has 1 N–H and O–H groups in total. The van der Waals surface area contributed by atoms with E-state index in [4.69, 9.17) is 9.47 Å². The number of nitrogens with one attached hydrogen (secondary N) is 1. The molecule has 0 bridgehead atoms. The van der Waals surface area contributed by atoms with Crippen LogP contribution in [0.4, 0.5) is 0 Å². The maximum Gasteiger partial charge on any atom is 0.231 e. The van der Waals surface area contributed by atoms with Crippen molar-refractivity contribution in [1.82, 2.24) is 5.32 Å². The Morgan fingerprint density at radius 1 is 1.10 bits per heavy atom. The predicted octanol–water partition coefficient (Wildman–Crippen LogP) is 4.24. The first-order valence-electron chi connectivity index (χ1n) is 7.61. The normalized spacial score (nSPS) is 18.4. The minimum atomic E-state index is 0.334. The quantitative estimate of drug-likeness (QED) is 0.814. The summed E-state index contributed by atoms with van der Waals surface area (Å²) in [6.45, 7) is 2.32. The molecule has 0 saturated heterocycles. The Balaban J connectivity index is 1.46. The molecule has 1 heterocycles. The molecule has 3 nitrogen and oxygen atoms in total. The van der Waals surface area contributed by atoms with Gasteiger partial charge in [-0.3, -0.25) is 0 Å². The molecule has 0 radical (unpaired) electrons. The largest absolute Gasteiger partial charge is 0.454 e.